The molecule has 5 rings (SSSR count). The fourth-order valence-electron chi connectivity index (χ4n) is 3.96. The van der Waals surface area contributed by atoms with E-state index >= 15 is 0 Å². The number of para-hydroxylation sites is 1. The van der Waals surface area contributed by atoms with Crippen LogP contribution in [0.5, 0.6) is 11.5 Å². The number of halogens is 3. The third-order valence-corrected chi connectivity index (χ3v) is 6.93. The van der Waals surface area contributed by atoms with Gasteiger partial charge in [-0.05, 0) is 49.6 Å². The summed E-state index contributed by atoms with van der Waals surface area (Å²) in [6, 6.07) is 13.9. The molecule has 0 saturated carbocycles. The summed E-state index contributed by atoms with van der Waals surface area (Å²) in [7, 11) is 0. The van der Waals surface area contributed by atoms with Crippen molar-refractivity contribution in [2.75, 3.05) is 37.7 Å². The van der Waals surface area contributed by atoms with Crippen molar-refractivity contribution in [2.45, 2.75) is 18.9 Å². The Hall–Kier alpha value is -1.44. The number of hydrogen-bond acceptors (Lipinski definition) is 6. The van der Waals surface area contributed by atoms with E-state index in [1.54, 1.807) is 17.4 Å². The highest BCUT2D eigenvalue weighted by atomic mass is 35.5. The van der Waals surface area contributed by atoms with E-state index in [1.165, 1.54) is 17.5 Å². The molecule has 9 heteroatoms. The first-order chi connectivity index (χ1) is 14.2. The molecular weight excluding hydrogens is 477 g/mol. The number of thiazole rings is 1. The zero-order valence-electron chi connectivity index (χ0n) is 17.0. The Balaban J connectivity index is 0.00000136. The van der Waals surface area contributed by atoms with Gasteiger partial charge < -0.3 is 19.7 Å². The molecule has 0 amide bonds. The quantitative estimate of drug-likeness (QED) is 0.503. The smallest absolute Gasteiger partial charge is 0.186 e. The van der Waals surface area contributed by atoms with Gasteiger partial charge >= 0.3 is 0 Å². The molecule has 2 aliphatic rings. The summed E-state index contributed by atoms with van der Waals surface area (Å²) in [6.07, 6.45) is 2.41. The molecule has 1 saturated heterocycles. The van der Waals surface area contributed by atoms with Gasteiger partial charge in [-0.1, -0.05) is 35.1 Å². The van der Waals surface area contributed by atoms with Crippen LogP contribution in [0.2, 0.25) is 5.02 Å². The number of nitrogens with one attached hydrogen (secondary N) is 1. The summed E-state index contributed by atoms with van der Waals surface area (Å²) < 4.78 is 13.1. The van der Waals surface area contributed by atoms with Crippen LogP contribution >= 0.6 is 47.8 Å². The van der Waals surface area contributed by atoms with Crippen LogP contribution in [0.15, 0.2) is 42.5 Å². The largest absolute Gasteiger partial charge is 0.486 e. The summed E-state index contributed by atoms with van der Waals surface area (Å²) in [6.45, 7) is 4.50. The second-order valence-electron chi connectivity index (χ2n) is 7.69. The Bertz CT molecular complexity index is 962. The van der Waals surface area contributed by atoms with Gasteiger partial charge in [0.2, 0.25) is 0 Å². The maximum atomic E-state index is 6.02. The summed E-state index contributed by atoms with van der Waals surface area (Å²) in [5, 5.41) is 5.40. The maximum absolute atomic E-state index is 6.02. The molecule has 0 bridgehead atoms. The number of hydrogen-bond donors (Lipinski definition) is 1. The summed E-state index contributed by atoms with van der Waals surface area (Å²) in [5.74, 6) is 2.20. The highest BCUT2D eigenvalue weighted by molar-refractivity contribution is 7.22. The van der Waals surface area contributed by atoms with Gasteiger partial charge in [0.05, 0.1) is 10.2 Å². The summed E-state index contributed by atoms with van der Waals surface area (Å²) in [4.78, 5) is 7.23. The van der Waals surface area contributed by atoms with E-state index in [-0.39, 0.29) is 30.9 Å². The average Bonchev–Trinajstić information content (AvgIpc) is 3.18. The van der Waals surface area contributed by atoms with Crippen molar-refractivity contribution < 1.29 is 9.47 Å². The van der Waals surface area contributed by atoms with Crippen LogP contribution < -0.4 is 19.7 Å². The van der Waals surface area contributed by atoms with Crippen molar-refractivity contribution in [3.63, 3.8) is 0 Å². The molecule has 1 atom stereocenters. The van der Waals surface area contributed by atoms with Crippen LogP contribution in [0.1, 0.15) is 12.8 Å². The van der Waals surface area contributed by atoms with Gasteiger partial charge in [-0.2, -0.15) is 0 Å². The molecule has 0 aliphatic carbocycles. The lowest BCUT2D eigenvalue weighted by molar-refractivity contribution is 0.0894. The lowest BCUT2D eigenvalue weighted by atomic mass is 9.97. The molecule has 1 fully saturated rings. The number of ether oxygens (including phenoxy) is 2. The Morgan fingerprint density at radius 2 is 1.87 bits per heavy atom. The molecule has 1 unspecified atom stereocenters. The predicted octanol–water partition coefficient (Wildman–Crippen LogP) is 5.44. The van der Waals surface area contributed by atoms with E-state index in [9.17, 15) is 0 Å². The highest BCUT2D eigenvalue weighted by Gasteiger charge is 2.24. The van der Waals surface area contributed by atoms with Crippen LogP contribution in [-0.4, -0.2) is 43.9 Å². The zero-order valence-corrected chi connectivity index (χ0v) is 20.2. The second-order valence-corrected chi connectivity index (χ2v) is 9.14. The standard InChI is InChI=1S/C22H24ClN3O2S.2ClH/c23-16-5-6-19-20(11-16)27-14-17(28-19)13-24-12-15-7-9-26(10-8-15)22-25-18-3-1-2-4-21(18)29-22;;/h1-6,11,15,17,24H,7-10,12-14H2;2*1H. The number of piperidine rings is 1. The maximum Gasteiger partial charge on any atom is 0.186 e. The zero-order chi connectivity index (χ0) is 19.6. The van der Waals surface area contributed by atoms with E-state index in [0.717, 1.165) is 48.3 Å². The fourth-order valence-corrected chi connectivity index (χ4v) is 5.14. The van der Waals surface area contributed by atoms with Crippen LogP contribution in [-0.2, 0) is 0 Å². The minimum Gasteiger partial charge on any atom is -0.486 e. The molecule has 1 aromatic heterocycles. The molecule has 5 nitrogen and oxygen atoms in total. The normalized spacial score (nSPS) is 18.4. The third-order valence-electron chi connectivity index (χ3n) is 5.60. The van der Waals surface area contributed by atoms with E-state index in [1.807, 2.05) is 12.1 Å². The first kappa shape index (κ1) is 24.2. The Kier molecular flexibility index (Phi) is 8.53. The van der Waals surface area contributed by atoms with Crippen molar-refractivity contribution >= 4 is 63.1 Å². The van der Waals surface area contributed by atoms with E-state index < -0.39 is 0 Å². The minimum atomic E-state index is 0. The number of nitrogens with zero attached hydrogens (tertiary/aromatic N) is 2. The van der Waals surface area contributed by atoms with Gasteiger partial charge in [-0.15, -0.1) is 24.8 Å². The molecule has 2 aliphatic heterocycles. The number of anilines is 1. The van der Waals surface area contributed by atoms with Crippen LogP contribution in [0, 0.1) is 5.92 Å². The van der Waals surface area contributed by atoms with Gasteiger partial charge in [0.25, 0.3) is 0 Å². The Labute approximate surface area is 203 Å². The van der Waals surface area contributed by atoms with E-state index in [0.29, 0.717) is 17.5 Å². The molecular formula is C22H26Cl3N3O2S. The summed E-state index contributed by atoms with van der Waals surface area (Å²) in [5.41, 5.74) is 1.11. The highest BCUT2D eigenvalue weighted by Crippen LogP contribution is 2.34. The number of fused-ring (bicyclic) bond motifs is 2. The molecule has 1 N–H and O–H groups in total. The Morgan fingerprint density at radius 3 is 2.68 bits per heavy atom. The molecule has 3 heterocycles. The van der Waals surface area contributed by atoms with Crippen molar-refractivity contribution in [3.05, 3.63) is 47.5 Å². The lowest BCUT2D eigenvalue weighted by Crippen LogP contribution is -2.42. The van der Waals surface area contributed by atoms with Crippen LogP contribution in [0.25, 0.3) is 10.2 Å². The SMILES string of the molecule is Cl.Cl.Clc1ccc2c(c1)OCC(CNCC1CCN(c3nc4ccccc4s3)CC1)O2. The van der Waals surface area contributed by atoms with Crippen LogP contribution in [0.4, 0.5) is 5.13 Å². The first-order valence-corrected chi connectivity index (χ1v) is 11.3. The average molecular weight is 503 g/mol. The van der Waals surface area contributed by atoms with Gasteiger partial charge in [0.15, 0.2) is 16.6 Å². The monoisotopic (exact) mass is 501 g/mol. The van der Waals surface area contributed by atoms with Gasteiger partial charge in [-0.25, -0.2) is 4.98 Å². The molecule has 168 valence electrons. The molecule has 0 radical (unpaired) electrons. The van der Waals surface area contributed by atoms with Crippen molar-refractivity contribution in [2.24, 2.45) is 5.92 Å². The first-order valence-electron chi connectivity index (χ1n) is 10.1. The van der Waals surface area contributed by atoms with E-state index in [2.05, 4.69) is 34.5 Å². The van der Waals surface area contributed by atoms with Gasteiger partial charge in [0.1, 0.15) is 12.7 Å². The van der Waals surface area contributed by atoms with E-state index in [4.69, 9.17) is 26.1 Å². The van der Waals surface area contributed by atoms with Gasteiger partial charge in [0, 0.05) is 30.7 Å². The van der Waals surface area contributed by atoms with Gasteiger partial charge in [-0.3, -0.25) is 0 Å². The van der Waals surface area contributed by atoms with Crippen LogP contribution in [0.3, 0.4) is 0 Å². The topological polar surface area (TPSA) is 46.6 Å². The summed E-state index contributed by atoms with van der Waals surface area (Å²) >= 11 is 7.80. The Morgan fingerprint density at radius 1 is 1.06 bits per heavy atom. The number of rotatable bonds is 5. The number of aromatic nitrogens is 1. The molecule has 3 aromatic rings. The lowest BCUT2D eigenvalue weighted by Gasteiger charge is -2.32. The second kappa shape index (κ2) is 10.9. The third kappa shape index (κ3) is 5.68. The van der Waals surface area contributed by atoms with Crippen molar-refractivity contribution in [1.82, 2.24) is 10.3 Å². The van der Waals surface area contributed by atoms with Crippen molar-refractivity contribution in [1.29, 1.82) is 0 Å². The number of benzene rings is 2. The molecule has 31 heavy (non-hydrogen) atoms. The molecule has 2 aromatic carbocycles. The minimum absolute atomic E-state index is 0. The fraction of sp³-hybridized carbons (Fsp3) is 0.409. The predicted molar refractivity (Wildman–Crippen MR) is 133 cm³/mol. The molecule has 0 spiro atoms. The van der Waals surface area contributed by atoms with Crippen molar-refractivity contribution in [3.8, 4) is 11.5 Å².